The molecular formula is C24H37BN4O6. The van der Waals surface area contributed by atoms with Crippen LogP contribution >= 0.6 is 0 Å². The summed E-state index contributed by atoms with van der Waals surface area (Å²) in [6.45, 7) is 19.3. The third kappa shape index (κ3) is 7.05. The molecule has 0 atom stereocenters. The number of amides is 1. The summed E-state index contributed by atoms with van der Waals surface area (Å²) in [6, 6.07) is 0. The van der Waals surface area contributed by atoms with E-state index in [1.807, 2.05) is 61.6 Å². The fourth-order valence-corrected chi connectivity index (χ4v) is 3.16. The fourth-order valence-electron chi connectivity index (χ4n) is 3.16. The number of nitrogens with zero attached hydrogens (tertiary/aromatic N) is 4. The first-order chi connectivity index (χ1) is 16.0. The molecule has 1 saturated heterocycles. The Kier molecular flexibility index (Phi) is 8.39. The van der Waals surface area contributed by atoms with Crippen molar-refractivity contribution in [3.8, 4) is 0 Å². The quantitative estimate of drug-likeness (QED) is 0.237. The lowest BCUT2D eigenvalue weighted by molar-refractivity contribution is -0.418. The standard InChI is InChI=1S/C24H37BN4O6/c1-11-18(13-12-17(2)29(31)32)20-19(25-34-23(6,7)24(8,9)35-25)16-28(26-20)15-14-27(10)21(30)33-22(3,4)5/h11-13,16H,2,14-15H2,1,3-10H3/b13-12-,18-11+. The van der Waals surface area contributed by atoms with Gasteiger partial charge in [-0.1, -0.05) is 6.08 Å². The van der Waals surface area contributed by atoms with Crippen LogP contribution in [0.2, 0.25) is 0 Å². The molecule has 0 saturated carbocycles. The van der Waals surface area contributed by atoms with E-state index < -0.39 is 34.9 Å². The van der Waals surface area contributed by atoms with Gasteiger partial charge in [0.05, 0.1) is 28.4 Å². The molecule has 10 nitrogen and oxygen atoms in total. The van der Waals surface area contributed by atoms with Crippen LogP contribution in [-0.2, 0) is 20.6 Å². The van der Waals surface area contributed by atoms with Gasteiger partial charge in [0.2, 0.25) is 0 Å². The highest BCUT2D eigenvalue weighted by Gasteiger charge is 2.52. The highest BCUT2D eigenvalue weighted by molar-refractivity contribution is 6.63. The molecule has 11 heteroatoms. The van der Waals surface area contributed by atoms with E-state index >= 15 is 0 Å². The first-order valence-corrected chi connectivity index (χ1v) is 11.5. The van der Waals surface area contributed by atoms with Crippen LogP contribution < -0.4 is 5.46 Å². The number of carbonyl (C=O) groups is 1. The van der Waals surface area contributed by atoms with E-state index in [1.165, 1.54) is 11.0 Å². The van der Waals surface area contributed by atoms with Gasteiger partial charge in [0.25, 0.3) is 5.70 Å². The molecule has 35 heavy (non-hydrogen) atoms. The molecule has 1 fully saturated rings. The van der Waals surface area contributed by atoms with Crippen LogP contribution in [0.25, 0.3) is 5.57 Å². The Morgan fingerprint density at radius 1 is 1.29 bits per heavy atom. The van der Waals surface area contributed by atoms with Crippen LogP contribution in [0.15, 0.2) is 36.7 Å². The molecule has 2 heterocycles. The summed E-state index contributed by atoms with van der Waals surface area (Å²) in [5.41, 5.74) is -0.0300. The van der Waals surface area contributed by atoms with Crippen molar-refractivity contribution in [3.05, 3.63) is 52.5 Å². The van der Waals surface area contributed by atoms with Crippen LogP contribution in [0.5, 0.6) is 0 Å². The van der Waals surface area contributed by atoms with E-state index in [0.717, 1.165) is 0 Å². The van der Waals surface area contributed by atoms with Crippen LogP contribution in [0.3, 0.4) is 0 Å². The zero-order valence-corrected chi connectivity index (χ0v) is 22.2. The summed E-state index contributed by atoms with van der Waals surface area (Å²) >= 11 is 0. The number of likely N-dealkylation sites (N-methyl/N-ethyl adjacent to an activating group) is 1. The lowest BCUT2D eigenvalue weighted by Gasteiger charge is -2.32. The number of rotatable bonds is 8. The van der Waals surface area contributed by atoms with Gasteiger partial charge in [-0.25, -0.2) is 4.79 Å². The van der Waals surface area contributed by atoms with E-state index in [4.69, 9.17) is 19.1 Å². The Morgan fingerprint density at radius 3 is 2.34 bits per heavy atom. The molecule has 0 unspecified atom stereocenters. The van der Waals surface area contributed by atoms with E-state index in [0.29, 0.717) is 29.8 Å². The maximum atomic E-state index is 12.3. The van der Waals surface area contributed by atoms with Crippen LogP contribution in [-0.4, -0.2) is 63.2 Å². The second kappa shape index (κ2) is 10.4. The van der Waals surface area contributed by atoms with Gasteiger partial charge in [-0.15, -0.1) is 0 Å². The van der Waals surface area contributed by atoms with Crippen molar-refractivity contribution in [1.29, 1.82) is 0 Å². The number of hydrogen-bond acceptors (Lipinski definition) is 7. The van der Waals surface area contributed by atoms with Gasteiger partial charge in [-0.3, -0.25) is 14.8 Å². The van der Waals surface area contributed by atoms with Crippen molar-refractivity contribution in [1.82, 2.24) is 14.7 Å². The molecule has 0 aromatic carbocycles. The summed E-state index contributed by atoms with van der Waals surface area (Å²) in [5, 5.41) is 15.7. The molecule has 0 N–H and O–H groups in total. The summed E-state index contributed by atoms with van der Waals surface area (Å²) in [5.74, 6) is 0. The van der Waals surface area contributed by atoms with Crippen molar-refractivity contribution in [2.75, 3.05) is 13.6 Å². The molecule has 0 bridgehead atoms. The van der Waals surface area contributed by atoms with E-state index in [1.54, 1.807) is 23.9 Å². The Bertz CT molecular complexity index is 1020. The predicted octanol–water partition coefficient (Wildman–Crippen LogP) is 3.80. The summed E-state index contributed by atoms with van der Waals surface area (Å²) in [7, 11) is 0.978. The van der Waals surface area contributed by atoms with Crippen molar-refractivity contribution in [2.24, 2.45) is 0 Å². The normalized spacial score (nSPS) is 17.6. The van der Waals surface area contributed by atoms with Crippen molar-refractivity contribution < 1.29 is 23.8 Å². The first kappa shape index (κ1) is 28.3. The number of allylic oxidation sites excluding steroid dienone is 4. The van der Waals surface area contributed by atoms with Crippen LogP contribution in [0.1, 0.15) is 61.1 Å². The van der Waals surface area contributed by atoms with Gasteiger partial charge in [-0.2, -0.15) is 5.10 Å². The minimum Gasteiger partial charge on any atom is -0.444 e. The molecule has 1 aromatic heterocycles. The van der Waals surface area contributed by atoms with Crippen molar-refractivity contribution >= 4 is 24.2 Å². The predicted molar refractivity (Wildman–Crippen MR) is 136 cm³/mol. The molecule has 192 valence electrons. The monoisotopic (exact) mass is 488 g/mol. The Balaban J connectivity index is 2.36. The second-order valence-corrected chi connectivity index (χ2v) is 10.5. The smallest absolute Gasteiger partial charge is 0.444 e. The minimum atomic E-state index is -0.686. The third-order valence-electron chi connectivity index (χ3n) is 5.94. The lowest BCUT2D eigenvalue weighted by atomic mass is 9.78. The largest absolute Gasteiger partial charge is 0.498 e. The van der Waals surface area contributed by atoms with Crippen LogP contribution in [0, 0.1) is 10.1 Å². The van der Waals surface area contributed by atoms with Crippen LogP contribution in [0.4, 0.5) is 4.79 Å². The number of hydrogen-bond donors (Lipinski definition) is 0. The number of carbonyl (C=O) groups excluding carboxylic acids is 1. The van der Waals surface area contributed by atoms with Gasteiger partial charge < -0.3 is 18.9 Å². The number of nitro groups is 1. The minimum absolute atomic E-state index is 0.236. The maximum absolute atomic E-state index is 12.3. The molecule has 0 spiro atoms. The van der Waals surface area contributed by atoms with Gasteiger partial charge in [-0.05, 0) is 73.6 Å². The van der Waals surface area contributed by atoms with Crippen molar-refractivity contribution in [2.45, 2.75) is 78.7 Å². The third-order valence-corrected chi connectivity index (χ3v) is 5.94. The molecule has 0 aliphatic carbocycles. The SMILES string of the molecule is C=C(/C=C\C(=C/C)c1nn(CCN(C)C(=O)OC(C)(C)C)cc1B1OC(C)(C)C(C)(C)O1)[N+](=O)[O-]. The number of aromatic nitrogens is 2. The molecule has 1 aliphatic heterocycles. The summed E-state index contributed by atoms with van der Waals surface area (Å²) < 4.78 is 19.6. The average molecular weight is 488 g/mol. The Morgan fingerprint density at radius 2 is 1.86 bits per heavy atom. The Hall–Kier alpha value is -2.92. The topological polar surface area (TPSA) is 109 Å². The molecule has 1 aliphatic rings. The number of ether oxygens (including phenoxy) is 1. The molecule has 1 aromatic rings. The second-order valence-electron chi connectivity index (χ2n) is 10.5. The van der Waals surface area contributed by atoms with E-state index in [9.17, 15) is 14.9 Å². The Labute approximate surface area is 207 Å². The van der Waals surface area contributed by atoms with Gasteiger partial charge >= 0.3 is 13.2 Å². The molecule has 0 radical (unpaired) electrons. The fraction of sp³-hybridized carbons (Fsp3) is 0.583. The van der Waals surface area contributed by atoms with Gasteiger partial charge in [0.1, 0.15) is 5.60 Å². The van der Waals surface area contributed by atoms with Gasteiger partial charge in [0, 0.05) is 31.3 Å². The zero-order valence-electron chi connectivity index (χ0n) is 22.2. The lowest BCUT2D eigenvalue weighted by Crippen LogP contribution is -2.41. The summed E-state index contributed by atoms with van der Waals surface area (Å²) in [4.78, 5) is 24.2. The highest BCUT2D eigenvalue weighted by atomic mass is 16.7. The molecule has 2 rings (SSSR count). The molecule has 1 amide bonds. The maximum Gasteiger partial charge on any atom is 0.498 e. The van der Waals surface area contributed by atoms with E-state index in [2.05, 4.69) is 6.58 Å². The molecular weight excluding hydrogens is 451 g/mol. The highest BCUT2D eigenvalue weighted by Crippen LogP contribution is 2.37. The average Bonchev–Trinajstić information content (AvgIpc) is 3.22. The summed E-state index contributed by atoms with van der Waals surface area (Å²) in [6.07, 6.45) is 6.13. The van der Waals surface area contributed by atoms with Crippen molar-refractivity contribution in [3.63, 3.8) is 0 Å². The first-order valence-electron chi connectivity index (χ1n) is 11.5. The van der Waals surface area contributed by atoms with Gasteiger partial charge in [0.15, 0.2) is 0 Å². The zero-order chi connectivity index (χ0) is 26.8. The van der Waals surface area contributed by atoms with E-state index in [-0.39, 0.29) is 5.70 Å².